The Kier molecular flexibility index (Phi) is 10.9. The van der Waals surface area contributed by atoms with Crippen LogP contribution in [0.2, 0.25) is 0 Å². The molecule has 180 valence electrons. The van der Waals surface area contributed by atoms with Crippen LogP contribution in [0.5, 0.6) is 0 Å². The molecule has 1 rings (SSSR count). The Hall–Kier alpha value is -3.42. The molecule has 14 heteroatoms. The number of nitrogens with two attached hydrogens (primary N) is 3. The Bertz CT molecular complexity index is 739. The van der Waals surface area contributed by atoms with Crippen LogP contribution in [0.25, 0.3) is 0 Å². The first-order valence-corrected chi connectivity index (χ1v) is 10.2. The van der Waals surface area contributed by atoms with Crippen molar-refractivity contribution in [3.63, 3.8) is 0 Å². The molecule has 0 radical (unpaired) electrons. The van der Waals surface area contributed by atoms with Gasteiger partial charge in [-0.2, -0.15) is 0 Å². The van der Waals surface area contributed by atoms with E-state index in [9.17, 15) is 29.1 Å². The van der Waals surface area contributed by atoms with Crippen LogP contribution in [0.4, 0.5) is 0 Å². The van der Waals surface area contributed by atoms with Gasteiger partial charge in [-0.3, -0.25) is 24.2 Å². The summed E-state index contributed by atoms with van der Waals surface area (Å²) in [4.78, 5) is 64.7. The molecule has 14 nitrogen and oxygen atoms in total. The highest BCUT2D eigenvalue weighted by Crippen LogP contribution is 2.20. The van der Waals surface area contributed by atoms with Gasteiger partial charge < -0.3 is 42.9 Å². The highest BCUT2D eigenvalue weighted by Gasteiger charge is 2.38. The second-order valence-electron chi connectivity index (χ2n) is 7.29. The number of guanidine groups is 1. The maximum Gasteiger partial charge on any atom is 0.326 e. The lowest BCUT2D eigenvalue weighted by Crippen LogP contribution is -2.55. The zero-order chi connectivity index (χ0) is 24.3. The van der Waals surface area contributed by atoms with Crippen molar-refractivity contribution in [1.29, 1.82) is 0 Å². The van der Waals surface area contributed by atoms with E-state index in [-0.39, 0.29) is 38.4 Å². The Morgan fingerprint density at radius 1 is 1.06 bits per heavy atom. The van der Waals surface area contributed by atoms with Crippen LogP contribution >= 0.6 is 0 Å². The van der Waals surface area contributed by atoms with Crippen LogP contribution in [0.1, 0.15) is 38.5 Å². The molecule has 3 amide bonds. The first kappa shape index (κ1) is 26.6. The van der Waals surface area contributed by atoms with Gasteiger partial charge in [-0.15, -0.1) is 0 Å². The number of carbonyl (C=O) groups excluding carboxylic acids is 3. The first-order valence-electron chi connectivity index (χ1n) is 10.2. The number of rotatable bonds is 13. The molecule has 1 aliphatic rings. The molecule has 3 atom stereocenters. The number of hydrogen-bond donors (Lipinski definition) is 7. The minimum absolute atomic E-state index is 0.106. The maximum atomic E-state index is 13.1. The predicted molar refractivity (Wildman–Crippen MR) is 112 cm³/mol. The van der Waals surface area contributed by atoms with Gasteiger partial charge in [0, 0.05) is 19.5 Å². The summed E-state index contributed by atoms with van der Waals surface area (Å²) in [5.41, 5.74) is 15.9. The Labute approximate surface area is 184 Å². The van der Waals surface area contributed by atoms with Gasteiger partial charge in [0.25, 0.3) is 0 Å². The minimum Gasteiger partial charge on any atom is -0.481 e. The van der Waals surface area contributed by atoms with E-state index in [0.29, 0.717) is 19.3 Å². The smallest absolute Gasteiger partial charge is 0.326 e. The van der Waals surface area contributed by atoms with Crippen LogP contribution in [-0.2, 0) is 24.0 Å². The Morgan fingerprint density at radius 3 is 2.31 bits per heavy atom. The van der Waals surface area contributed by atoms with Crippen molar-refractivity contribution in [2.75, 3.05) is 19.6 Å². The summed E-state index contributed by atoms with van der Waals surface area (Å²) >= 11 is 0. The van der Waals surface area contributed by atoms with Crippen LogP contribution < -0.4 is 27.8 Å². The summed E-state index contributed by atoms with van der Waals surface area (Å²) in [6.07, 6.45) is 0.643. The fraction of sp³-hybridized carbons (Fsp3) is 0.667. The topological polar surface area (TPSA) is 244 Å². The maximum absolute atomic E-state index is 13.1. The lowest BCUT2D eigenvalue weighted by molar-refractivity contribution is -0.145. The summed E-state index contributed by atoms with van der Waals surface area (Å²) in [5.74, 6) is -4.42. The zero-order valence-corrected chi connectivity index (χ0v) is 17.7. The number of aliphatic carboxylic acids is 2. The molecule has 0 aliphatic carbocycles. The van der Waals surface area contributed by atoms with Gasteiger partial charge in [-0.25, -0.2) is 4.79 Å². The van der Waals surface area contributed by atoms with Gasteiger partial charge >= 0.3 is 11.9 Å². The van der Waals surface area contributed by atoms with Crippen LogP contribution in [0, 0.1) is 0 Å². The third-order valence-corrected chi connectivity index (χ3v) is 4.86. The summed E-state index contributed by atoms with van der Waals surface area (Å²) in [5, 5.41) is 22.8. The molecule has 1 aliphatic heterocycles. The third kappa shape index (κ3) is 8.75. The molecule has 0 aromatic heterocycles. The summed E-state index contributed by atoms with van der Waals surface area (Å²) in [6, 6.07) is -3.30. The van der Waals surface area contributed by atoms with E-state index in [1.165, 1.54) is 4.90 Å². The zero-order valence-electron chi connectivity index (χ0n) is 17.7. The van der Waals surface area contributed by atoms with Crippen molar-refractivity contribution >= 4 is 35.6 Å². The molecule has 32 heavy (non-hydrogen) atoms. The van der Waals surface area contributed by atoms with E-state index in [0.717, 1.165) is 0 Å². The molecule has 0 spiro atoms. The number of carbonyl (C=O) groups is 5. The number of aliphatic imine (C=N–C) groups is 1. The number of carboxylic acids is 2. The molecule has 10 N–H and O–H groups in total. The Morgan fingerprint density at radius 2 is 1.75 bits per heavy atom. The molecule has 1 fully saturated rings. The monoisotopic (exact) mass is 457 g/mol. The van der Waals surface area contributed by atoms with Crippen LogP contribution in [-0.4, -0.2) is 88.5 Å². The fourth-order valence-electron chi connectivity index (χ4n) is 3.31. The van der Waals surface area contributed by atoms with E-state index in [1.807, 2.05) is 0 Å². The highest BCUT2D eigenvalue weighted by molar-refractivity contribution is 5.94. The lowest BCUT2D eigenvalue weighted by atomic mass is 10.1. The van der Waals surface area contributed by atoms with Gasteiger partial charge in [0.05, 0.1) is 6.54 Å². The van der Waals surface area contributed by atoms with Crippen molar-refractivity contribution in [3.05, 3.63) is 0 Å². The molecular formula is C18H31N7O7. The standard InChI is InChI=1S/C18H31N7O7/c19-9-13(26)23-10(3-1-7-22-18(20)21)16(30)25-8-2-4-12(25)15(29)24-11(17(31)32)5-6-14(27)28/h10-12H,1-9,19H2,(H,23,26)(H,24,29)(H,27,28)(H,31,32)(H4,20,21,22). The third-order valence-electron chi connectivity index (χ3n) is 4.86. The van der Waals surface area contributed by atoms with Gasteiger partial charge in [0.2, 0.25) is 17.7 Å². The van der Waals surface area contributed by atoms with Crippen LogP contribution in [0.3, 0.4) is 0 Å². The highest BCUT2D eigenvalue weighted by atomic mass is 16.4. The van der Waals surface area contributed by atoms with Crippen molar-refractivity contribution in [1.82, 2.24) is 15.5 Å². The average Bonchev–Trinajstić information content (AvgIpc) is 3.21. The molecule has 0 aromatic carbocycles. The normalized spacial score (nSPS) is 17.2. The number of carboxylic acid groups (broad SMARTS) is 2. The SMILES string of the molecule is NCC(=O)NC(CCCN=C(N)N)C(=O)N1CCCC1C(=O)NC(CCC(=O)O)C(=O)O. The molecule has 1 saturated heterocycles. The van der Waals surface area contributed by atoms with Crippen molar-refractivity contribution in [2.45, 2.75) is 56.7 Å². The van der Waals surface area contributed by atoms with Crippen molar-refractivity contribution in [2.24, 2.45) is 22.2 Å². The number of nitrogens with zero attached hydrogens (tertiary/aromatic N) is 2. The van der Waals surface area contributed by atoms with E-state index in [1.54, 1.807) is 0 Å². The van der Waals surface area contributed by atoms with E-state index in [2.05, 4.69) is 15.6 Å². The van der Waals surface area contributed by atoms with Gasteiger partial charge in [0.15, 0.2) is 5.96 Å². The lowest BCUT2D eigenvalue weighted by Gasteiger charge is -2.29. The molecule has 0 bridgehead atoms. The summed E-state index contributed by atoms with van der Waals surface area (Å²) < 4.78 is 0. The van der Waals surface area contributed by atoms with E-state index < -0.39 is 54.2 Å². The molecule has 1 heterocycles. The van der Waals surface area contributed by atoms with Crippen molar-refractivity contribution in [3.8, 4) is 0 Å². The number of amides is 3. The largest absolute Gasteiger partial charge is 0.481 e. The van der Waals surface area contributed by atoms with Crippen LogP contribution in [0.15, 0.2) is 4.99 Å². The molecule has 0 saturated carbocycles. The summed E-state index contributed by atoms with van der Waals surface area (Å²) in [6.45, 7) is 0.149. The number of hydrogen-bond acceptors (Lipinski definition) is 7. The molecular weight excluding hydrogens is 426 g/mol. The first-order chi connectivity index (χ1) is 15.1. The fourth-order valence-corrected chi connectivity index (χ4v) is 3.31. The minimum atomic E-state index is -1.40. The second-order valence-corrected chi connectivity index (χ2v) is 7.29. The van der Waals surface area contributed by atoms with E-state index >= 15 is 0 Å². The average molecular weight is 457 g/mol. The van der Waals surface area contributed by atoms with Gasteiger partial charge in [-0.1, -0.05) is 0 Å². The second kappa shape index (κ2) is 13.1. The predicted octanol–water partition coefficient (Wildman–Crippen LogP) is -3.09. The van der Waals surface area contributed by atoms with E-state index in [4.69, 9.17) is 22.3 Å². The quantitative estimate of drug-likeness (QED) is 0.0834. The summed E-state index contributed by atoms with van der Waals surface area (Å²) in [7, 11) is 0. The molecule has 3 unspecified atom stereocenters. The number of nitrogens with one attached hydrogen (secondary N) is 2. The molecule has 0 aromatic rings. The Balaban J connectivity index is 2.87. The number of likely N-dealkylation sites (tertiary alicyclic amines) is 1. The van der Waals surface area contributed by atoms with Gasteiger partial charge in [-0.05, 0) is 32.1 Å². The van der Waals surface area contributed by atoms with Crippen molar-refractivity contribution < 1.29 is 34.2 Å². The van der Waals surface area contributed by atoms with Gasteiger partial charge in [0.1, 0.15) is 18.1 Å².